The first-order valence-electron chi connectivity index (χ1n) is 9.46. The second kappa shape index (κ2) is 7.10. The number of nitrogens with one attached hydrogen (secondary N) is 1. The summed E-state index contributed by atoms with van der Waals surface area (Å²) < 4.78 is 20.3. The maximum Gasteiger partial charge on any atom is 0.225 e. The highest BCUT2D eigenvalue weighted by Gasteiger charge is 2.42. The van der Waals surface area contributed by atoms with Gasteiger partial charge in [-0.3, -0.25) is 4.79 Å². The fourth-order valence-electron chi connectivity index (χ4n) is 4.31. The van der Waals surface area contributed by atoms with Gasteiger partial charge in [0.25, 0.3) is 0 Å². The molecule has 2 aromatic carbocycles. The van der Waals surface area contributed by atoms with Crippen molar-refractivity contribution in [3.8, 4) is 5.75 Å². The summed E-state index contributed by atoms with van der Waals surface area (Å²) in [5, 5.41) is 3.14. The lowest BCUT2D eigenvalue weighted by Crippen LogP contribution is -2.46. The molecule has 4 rings (SSSR count). The number of carbonyl (C=O) groups is 1. The zero-order chi connectivity index (χ0) is 18.0. The molecule has 1 aliphatic carbocycles. The summed E-state index contributed by atoms with van der Waals surface area (Å²) in [6.07, 6.45) is 6.47. The van der Waals surface area contributed by atoms with Crippen LogP contribution in [0.15, 0.2) is 48.5 Å². The number of benzene rings is 2. The third-order valence-corrected chi connectivity index (χ3v) is 5.61. The van der Waals surface area contributed by atoms with Crippen molar-refractivity contribution in [1.82, 2.24) is 5.32 Å². The molecule has 1 fully saturated rings. The van der Waals surface area contributed by atoms with Crippen LogP contribution >= 0.6 is 0 Å². The lowest BCUT2D eigenvalue weighted by Gasteiger charge is -2.44. The number of rotatable bonds is 3. The van der Waals surface area contributed by atoms with Crippen molar-refractivity contribution in [3.63, 3.8) is 0 Å². The molecule has 26 heavy (non-hydrogen) atoms. The summed E-state index contributed by atoms with van der Waals surface area (Å²) >= 11 is 0. The van der Waals surface area contributed by atoms with Gasteiger partial charge in [-0.05, 0) is 43.4 Å². The van der Waals surface area contributed by atoms with Crippen LogP contribution in [0, 0.1) is 5.82 Å². The normalized spacial score (nSPS) is 20.9. The van der Waals surface area contributed by atoms with Gasteiger partial charge in [0.1, 0.15) is 17.2 Å². The molecule has 1 atom stereocenters. The molecule has 136 valence electrons. The molecule has 2 aromatic rings. The fourth-order valence-corrected chi connectivity index (χ4v) is 4.31. The molecular weight excluding hydrogens is 329 g/mol. The first-order valence-corrected chi connectivity index (χ1v) is 9.46. The number of hydrogen-bond acceptors (Lipinski definition) is 2. The van der Waals surface area contributed by atoms with Gasteiger partial charge in [0, 0.05) is 12.0 Å². The number of halogens is 1. The highest BCUT2D eigenvalue weighted by molar-refractivity contribution is 5.79. The quantitative estimate of drug-likeness (QED) is 0.868. The monoisotopic (exact) mass is 353 g/mol. The first-order chi connectivity index (χ1) is 12.7. The third-order valence-electron chi connectivity index (χ3n) is 5.61. The van der Waals surface area contributed by atoms with Gasteiger partial charge in [-0.15, -0.1) is 0 Å². The van der Waals surface area contributed by atoms with Crippen LogP contribution in [-0.4, -0.2) is 11.5 Å². The molecule has 1 amide bonds. The SMILES string of the molecule is O=C(Cc1ccccc1F)NC1CC2(CCCCC2)Oc2ccccc21. The molecule has 2 aliphatic rings. The predicted molar refractivity (Wildman–Crippen MR) is 98.5 cm³/mol. The highest BCUT2D eigenvalue weighted by Crippen LogP contribution is 2.46. The summed E-state index contributed by atoms with van der Waals surface area (Å²) in [4.78, 5) is 12.6. The van der Waals surface area contributed by atoms with Crippen molar-refractivity contribution in [2.75, 3.05) is 0 Å². The Balaban J connectivity index is 1.54. The minimum atomic E-state index is -0.334. The minimum Gasteiger partial charge on any atom is -0.487 e. The average Bonchev–Trinajstić information content (AvgIpc) is 2.64. The molecule has 1 N–H and O–H groups in total. The van der Waals surface area contributed by atoms with Gasteiger partial charge in [-0.1, -0.05) is 42.8 Å². The van der Waals surface area contributed by atoms with Crippen LogP contribution in [0.4, 0.5) is 4.39 Å². The van der Waals surface area contributed by atoms with Crippen molar-refractivity contribution < 1.29 is 13.9 Å². The standard InChI is InChI=1S/C22H24FNO2/c23-18-10-4-2-8-16(18)14-21(25)24-19-15-22(12-6-1-7-13-22)26-20-11-5-3-9-17(19)20/h2-5,8-11,19H,1,6-7,12-15H2,(H,24,25). The summed E-state index contributed by atoms with van der Waals surface area (Å²) in [6, 6.07) is 14.3. The van der Waals surface area contributed by atoms with Gasteiger partial charge in [0.2, 0.25) is 5.91 Å². The maximum atomic E-state index is 13.9. The molecular formula is C22H24FNO2. The molecule has 1 heterocycles. The Bertz CT molecular complexity index is 798. The van der Waals surface area contributed by atoms with Gasteiger partial charge in [0.15, 0.2) is 0 Å². The Morgan fingerprint density at radius 2 is 1.81 bits per heavy atom. The van der Waals surface area contributed by atoms with Crippen molar-refractivity contribution in [1.29, 1.82) is 0 Å². The Labute approximate surface area is 153 Å². The molecule has 1 aliphatic heterocycles. The van der Waals surface area contributed by atoms with Crippen LogP contribution in [0.2, 0.25) is 0 Å². The van der Waals surface area contributed by atoms with E-state index in [1.54, 1.807) is 18.2 Å². The smallest absolute Gasteiger partial charge is 0.225 e. The maximum absolute atomic E-state index is 13.9. The van der Waals surface area contributed by atoms with Crippen molar-refractivity contribution in [3.05, 3.63) is 65.5 Å². The molecule has 1 unspecified atom stereocenters. The molecule has 0 radical (unpaired) electrons. The average molecular weight is 353 g/mol. The molecule has 3 nitrogen and oxygen atoms in total. The number of ether oxygens (including phenoxy) is 1. The van der Waals surface area contributed by atoms with Gasteiger partial charge in [-0.2, -0.15) is 0 Å². The van der Waals surface area contributed by atoms with Crippen LogP contribution in [0.25, 0.3) is 0 Å². The zero-order valence-electron chi connectivity index (χ0n) is 14.8. The van der Waals surface area contributed by atoms with Crippen molar-refractivity contribution in [2.45, 2.75) is 56.6 Å². The lowest BCUT2D eigenvalue weighted by atomic mass is 9.77. The van der Waals surface area contributed by atoms with Crippen LogP contribution in [0.1, 0.15) is 55.7 Å². The number of hydrogen-bond donors (Lipinski definition) is 1. The summed E-state index contributed by atoms with van der Waals surface area (Å²) in [7, 11) is 0. The number of carbonyl (C=O) groups excluding carboxylic acids is 1. The van der Waals surface area contributed by atoms with E-state index >= 15 is 0 Å². The van der Waals surface area contributed by atoms with Gasteiger partial charge in [-0.25, -0.2) is 4.39 Å². The lowest BCUT2D eigenvalue weighted by molar-refractivity contribution is -0.122. The van der Waals surface area contributed by atoms with E-state index in [4.69, 9.17) is 4.74 Å². The van der Waals surface area contributed by atoms with Crippen molar-refractivity contribution in [2.24, 2.45) is 0 Å². The topological polar surface area (TPSA) is 38.3 Å². The fraction of sp³-hybridized carbons (Fsp3) is 0.409. The van der Waals surface area contributed by atoms with Gasteiger partial charge < -0.3 is 10.1 Å². The van der Waals surface area contributed by atoms with Gasteiger partial charge >= 0.3 is 0 Å². The predicted octanol–water partition coefficient (Wildman–Crippen LogP) is 4.71. The first kappa shape index (κ1) is 17.1. The van der Waals surface area contributed by atoms with E-state index in [1.807, 2.05) is 24.3 Å². The Hall–Kier alpha value is -2.36. The van der Waals surface area contributed by atoms with E-state index in [0.717, 1.165) is 43.4 Å². The molecule has 1 spiro atoms. The molecule has 0 bridgehead atoms. The number of amides is 1. The summed E-state index contributed by atoms with van der Waals surface area (Å²) in [6.45, 7) is 0. The van der Waals surface area contributed by atoms with Crippen LogP contribution in [0.3, 0.4) is 0 Å². The van der Waals surface area contributed by atoms with Crippen LogP contribution in [-0.2, 0) is 11.2 Å². The number of para-hydroxylation sites is 1. The van der Waals surface area contributed by atoms with E-state index in [2.05, 4.69) is 5.32 Å². The Kier molecular flexibility index (Phi) is 4.66. The molecule has 0 aromatic heterocycles. The number of fused-ring (bicyclic) bond motifs is 1. The van der Waals surface area contributed by atoms with Crippen LogP contribution in [0.5, 0.6) is 5.75 Å². The summed E-state index contributed by atoms with van der Waals surface area (Å²) in [5.41, 5.74) is 1.27. The second-order valence-corrected chi connectivity index (χ2v) is 7.48. The Morgan fingerprint density at radius 3 is 2.62 bits per heavy atom. The van der Waals surface area contributed by atoms with E-state index < -0.39 is 0 Å². The summed E-state index contributed by atoms with van der Waals surface area (Å²) in [5.74, 6) is 0.387. The van der Waals surface area contributed by atoms with E-state index in [1.165, 1.54) is 12.5 Å². The largest absolute Gasteiger partial charge is 0.487 e. The Morgan fingerprint density at radius 1 is 1.08 bits per heavy atom. The highest BCUT2D eigenvalue weighted by atomic mass is 19.1. The van der Waals surface area contributed by atoms with Crippen LogP contribution < -0.4 is 10.1 Å². The zero-order valence-corrected chi connectivity index (χ0v) is 14.8. The molecule has 1 saturated carbocycles. The molecule has 0 saturated heterocycles. The second-order valence-electron chi connectivity index (χ2n) is 7.48. The molecule has 4 heteroatoms. The van der Waals surface area contributed by atoms with E-state index in [-0.39, 0.29) is 29.8 Å². The van der Waals surface area contributed by atoms with Crippen molar-refractivity contribution >= 4 is 5.91 Å². The minimum absolute atomic E-state index is 0.0548. The van der Waals surface area contributed by atoms with E-state index in [0.29, 0.717) is 5.56 Å². The van der Waals surface area contributed by atoms with E-state index in [9.17, 15) is 9.18 Å². The van der Waals surface area contributed by atoms with Gasteiger partial charge in [0.05, 0.1) is 12.5 Å². The third kappa shape index (κ3) is 3.46.